The van der Waals surface area contributed by atoms with Crippen LogP contribution in [0.1, 0.15) is 16.7 Å². The van der Waals surface area contributed by atoms with Crippen LogP contribution >= 0.6 is 0 Å². The summed E-state index contributed by atoms with van der Waals surface area (Å²) in [6, 6.07) is 4.05. The van der Waals surface area contributed by atoms with Gasteiger partial charge in [-0.15, -0.1) is 0 Å². The first-order valence-electron chi connectivity index (χ1n) is 4.20. The minimum atomic E-state index is -4.02. The van der Waals surface area contributed by atoms with E-state index in [9.17, 15) is 17.6 Å². The fourth-order valence-corrected chi connectivity index (χ4v) is 1.68. The van der Waals surface area contributed by atoms with Gasteiger partial charge in [0.05, 0.1) is 0 Å². The Kier molecular flexibility index (Phi) is 1.69. The van der Waals surface area contributed by atoms with Crippen LogP contribution in [0.3, 0.4) is 0 Å². The molecule has 1 aromatic rings. The molecule has 0 atom stereocenters. The summed E-state index contributed by atoms with van der Waals surface area (Å²) in [5.74, 6) is -7.96. The summed E-state index contributed by atoms with van der Waals surface area (Å²) in [5.41, 5.74) is 0.0919. The van der Waals surface area contributed by atoms with Crippen molar-refractivity contribution in [3.05, 3.63) is 34.9 Å². The third-order valence-corrected chi connectivity index (χ3v) is 2.48. The lowest BCUT2D eigenvalue weighted by Gasteiger charge is -2.18. The molecule has 1 aliphatic rings. The fourth-order valence-electron chi connectivity index (χ4n) is 1.68. The minimum absolute atomic E-state index is 0.0469. The van der Waals surface area contributed by atoms with E-state index in [1.165, 1.54) is 6.07 Å². The van der Waals surface area contributed by atoms with Crippen molar-refractivity contribution in [1.82, 2.24) is 0 Å². The predicted molar refractivity (Wildman–Crippen MR) is 43.7 cm³/mol. The number of aryl methyl sites for hydroxylation is 1. The summed E-state index contributed by atoms with van der Waals surface area (Å²) in [4.78, 5) is 0. The monoisotopic (exact) mass is 204 g/mol. The molecule has 1 aromatic carbocycles. The molecule has 2 rings (SSSR count). The van der Waals surface area contributed by atoms with Gasteiger partial charge in [0.25, 0.3) is 0 Å². The maximum Gasteiger partial charge on any atom is 0.335 e. The molecule has 0 spiro atoms. The number of benzene rings is 1. The lowest BCUT2D eigenvalue weighted by molar-refractivity contribution is -0.202. The zero-order valence-corrected chi connectivity index (χ0v) is 7.45. The summed E-state index contributed by atoms with van der Waals surface area (Å²) in [7, 11) is 0. The Labute approximate surface area is 78.5 Å². The maximum absolute atomic E-state index is 13.1. The van der Waals surface area contributed by atoms with Crippen molar-refractivity contribution in [2.45, 2.75) is 25.2 Å². The molecule has 76 valence electrons. The van der Waals surface area contributed by atoms with Gasteiger partial charge in [0, 0.05) is 12.0 Å². The maximum atomic E-state index is 13.1. The highest BCUT2D eigenvalue weighted by atomic mass is 19.3. The van der Waals surface area contributed by atoms with Crippen molar-refractivity contribution in [1.29, 1.82) is 0 Å². The van der Waals surface area contributed by atoms with Crippen LogP contribution in [0.2, 0.25) is 0 Å². The molecule has 4 heteroatoms. The van der Waals surface area contributed by atoms with Gasteiger partial charge < -0.3 is 0 Å². The van der Waals surface area contributed by atoms with E-state index in [-0.39, 0.29) is 5.56 Å². The Bertz CT molecular complexity index is 382. The first-order chi connectivity index (χ1) is 6.34. The Morgan fingerprint density at radius 3 is 2.43 bits per heavy atom. The third kappa shape index (κ3) is 1.06. The molecule has 0 saturated heterocycles. The molecule has 14 heavy (non-hydrogen) atoms. The van der Waals surface area contributed by atoms with Crippen molar-refractivity contribution in [3.63, 3.8) is 0 Å². The normalized spacial score (nSPS) is 22.1. The van der Waals surface area contributed by atoms with E-state index in [0.717, 1.165) is 6.07 Å². The summed E-state index contributed by atoms with van der Waals surface area (Å²) in [5, 5.41) is 0. The summed E-state index contributed by atoms with van der Waals surface area (Å²) in [6.07, 6.45) is -0.865. The van der Waals surface area contributed by atoms with E-state index < -0.39 is 23.8 Å². The average molecular weight is 204 g/mol. The van der Waals surface area contributed by atoms with E-state index in [1.807, 2.05) is 0 Å². The summed E-state index contributed by atoms with van der Waals surface area (Å²) < 4.78 is 52.1. The molecule has 0 amide bonds. The molecule has 0 aromatic heterocycles. The van der Waals surface area contributed by atoms with Gasteiger partial charge in [0.15, 0.2) is 0 Å². The zero-order chi connectivity index (χ0) is 10.6. The highest BCUT2D eigenvalue weighted by Gasteiger charge is 2.62. The van der Waals surface area contributed by atoms with E-state index in [4.69, 9.17) is 0 Å². The van der Waals surface area contributed by atoms with Crippen LogP contribution in [-0.4, -0.2) is 5.92 Å². The number of fused-ring (bicyclic) bond motifs is 1. The fraction of sp³-hybridized carbons (Fsp3) is 0.400. The Morgan fingerprint density at radius 1 is 1.14 bits per heavy atom. The second kappa shape index (κ2) is 2.49. The van der Waals surface area contributed by atoms with E-state index in [0.29, 0.717) is 5.56 Å². The van der Waals surface area contributed by atoms with Crippen LogP contribution in [0.15, 0.2) is 18.2 Å². The van der Waals surface area contributed by atoms with Crippen LogP contribution in [0.4, 0.5) is 17.6 Å². The van der Waals surface area contributed by atoms with Gasteiger partial charge in [-0.2, -0.15) is 17.6 Å². The predicted octanol–water partition coefficient (Wildman–Crippen LogP) is 3.28. The van der Waals surface area contributed by atoms with Crippen LogP contribution in [0.5, 0.6) is 0 Å². The number of hydrogen-bond acceptors (Lipinski definition) is 0. The van der Waals surface area contributed by atoms with Crippen LogP contribution in [0, 0.1) is 6.92 Å². The molecule has 0 nitrogen and oxygen atoms in total. The second-order valence-corrected chi connectivity index (χ2v) is 3.62. The molecular weight excluding hydrogens is 196 g/mol. The highest BCUT2D eigenvalue weighted by Crippen LogP contribution is 2.51. The molecule has 0 radical (unpaired) electrons. The first-order valence-corrected chi connectivity index (χ1v) is 4.20. The number of halogens is 4. The van der Waals surface area contributed by atoms with Gasteiger partial charge >= 0.3 is 11.8 Å². The van der Waals surface area contributed by atoms with Crippen molar-refractivity contribution in [3.8, 4) is 0 Å². The van der Waals surface area contributed by atoms with E-state index >= 15 is 0 Å². The third-order valence-electron chi connectivity index (χ3n) is 2.48. The Hall–Kier alpha value is -1.06. The molecule has 0 saturated carbocycles. The first kappa shape index (κ1) is 9.49. The number of rotatable bonds is 0. The minimum Gasteiger partial charge on any atom is -0.199 e. The molecule has 0 heterocycles. The molecule has 1 aliphatic carbocycles. The number of hydrogen-bond donors (Lipinski definition) is 0. The Morgan fingerprint density at radius 2 is 1.79 bits per heavy atom. The molecule has 0 fully saturated rings. The van der Waals surface area contributed by atoms with Crippen molar-refractivity contribution in [2.24, 2.45) is 0 Å². The highest BCUT2D eigenvalue weighted by molar-refractivity contribution is 5.41. The molecule has 0 bridgehead atoms. The number of alkyl halides is 4. The van der Waals surface area contributed by atoms with Gasteiger partial charge in [-0.05, 0) is 18.6 Å². The Balaban J connectivity index is 2.62. The van der Waals surface area contributed by atoms with Gasteiger partial charge in [-0.1, -0.05) is 17.7 Å². The summed E-state index contributed by atoms with van der Waals surface area (Å²) in [6.45, 7) is 1.60. The van der Waals surface area contributed by atoms with Crippen molar-refractivity contribution < 1.29 is 17.6 Å². The van der Waals surface area contributed by atoms with Crippen LogP contribution < -0.4 is 0 Å². The van der Waals surface area contributed by atoms with Crippen molar-refractivity contribution in [2.75, 3.05) is 0 Å². The van der Waals surface area contributed by atoms with Gasteiger partial charge in [-0.3, -0.25) is 0 Å². The van der Waals surface area contributed by atoms with E-state index in [2.05, 4.69) is 0 Å². The molecule has 0 aliphatic heterocycles. The van der Waals surface area contributed by atoms with Gasteiger partial charge in [0.1, 0.15) is 0 Å². The topological polar surface area (TPSA) is 0 Å². The zero-order valence-electron chi connectivity index (χ0n) is 7.45. The summed E-state index contributed by atoms with van der Waals surface area (Å²) >= 11 is 0. The lowest BCUT2D eigenvalue weighted by Crippen LogP contribution is -2.33. The van der Waals surface area contributed by atoms with Crippen LogP contribution in [0.25, 0.3) is 0 Å². The van der Waals surface area contributed by atoms with Gasteiger partial charge in [0.2, 0.25) is 0 Å². The largest absolute Gasteiger partial charge is 0.335 e. The van der Waals surface area contributed by atoms with Crippen molar-refractivity contribution >= 4 is 0 Å². The quantitative estimate of drug-likeness (QED) is 0.569. The SMILES string of the molecule is Cc1ccc2c(c1)C(F)(F)C(F)(F)C2. The average Bonchev–Trinajstić information content (AvgIpc) is 2.22. The van der Waals surface area contributed by atoms with Crippen LogP contribution in [-0.2, 0) is 12.3 Å². The van der Waals surface area contributed by atoms with Gasteiger partial charge in [-0.25, -0.2) is 0 Å². The second-order valence-electron chi connectivity index (χ2n) is 3.62. The lowest BCUT2D eigenvalue weighted by atomic mass is 10.1. The van der Waals surface area contributed by atoms with E-state index in [1.54, 1.807) is 13.0 Å². The smallest absolute Gasteiger partial charge is 0.199 e. The molecular formula is C10H8F4. The molecule has 0 unspecified atom stereocenters. The standard InChI is InChI=1S/C10H8F4/c1-6-2-3-7-5-9(11,12)10(13,14)8(7)4-6/h2-4H,5H2,1H3. The molecule has 0 N–H and O–H groups in total.